The van der Waals surface area contributed by atoms with Crippen molar-refractivity contribution in [3.63, 3.8) is 0 Å². The van der Waals surface area contributed by atoms with E-state index in [0.29, 0.717) is 25.3 Å². The van der Waals surface area contributed by atoms with Gasteiger partial charge in [0.2, 0.25) is 10.0 Å². The van der Waals surface area contributed by atoms with Crippen molar-refractivity contribution in [2.75, 3.05) is 40.0 Å². The molecule has 1 fully saturated rings. The molecule has 1 heterocycles. The summed E-state index contributed by atoms with van der Waals surface area (Å²) in [6.45, 7) is 2.44. The van der Waals surface area contributed by atoms with Crippen molar-refractivity contribution >= 4 is 28.3 Å². The predicted octanol–water partition coefficient (Wildman–Crippen LogP) is -0.362. The fraction of sp³-hybridized carbons (Fsp3) is 0.533. The highest BCUT2D eigenvalue weighted by Gasteiger charge is 2.21. The number of ether oxygens (including phenoxy) is 2. The van der Waals surface area contributed by atoms with E-state index in [1.54, 1.807) is 12.1 Å². The van der Waals surface area contributed by atoms with Gasteiger partial charge in [-0.05, 0) is 17.7 Å². The van der Waals surface area contributed by atoms with Crippen LogP contribution >= 0.6 is 12.4 Å². The molecule has 1 aliphatic heterocycles. The maximum Gasteiger partial charge on any atom is 0.250 e. The first-order valence-electron chi connectivity index (χ1n) is 7.70. The van der Waals surface area contributed by atoms with E-state index < -0.39 is 16.1 Å². The summed E-state index contributed by atoms with van der Waals surface area (Å²) in [4.78, 5) is 12.2. The Morgan fingerprint density at radius 2 is 2.24 bits per heavy atom. The number of carbonyl (C=O) groups is 1. The van der Waals surface area contributed by atoms with Crippen LogP contribution in [0.15, 0.2) is 29.2 Å². The van der Waals surface area contributed by atoms with Crippen LogP contribution in [0.4, 0.5) is 0 Å². The average molecular weight is 394 g/mol. The van der Waals surface area contributed by atoms with Gasteiger partial charge in [0.05, 0.1) is 18.1 Å². The summed E-state index contributed by atoms with van der Waals surface area (Å²) in [7, 11) is -2.09. The second-order valence-corrected chi connectivity index (χ2v) is 7.09. The molecule has 8 nitrogen and oxygen atoms in total. The van der Waals surface area contributed by atoms with Crippen molar-refractivity contribution < 1.29 is 22.7 Å². The fourth-order valence-corrected chi connectivity index (χ4v) is 3.30. The van der Waals surface area contributed by atoms with E-state index in [4.69, 9.17) is 9.47 Å². The minimum atomic E-state index is -3.59. The van der Waals surface area contributed by atoms with Crippen LogP contribution in [0.25, 0.3) is 0 Å². The molecule has 1 aromatic rings. The van der Waals surface area contributed by atoms with Gasteiger partial charge >= 0.3 is 0 Å². The summed E-state index contributed by atoms with van der Waals surface area (Å²) < 4.78 is 37.0. The van der Waals surface area contributed by atoms with Crippen LogP contribution in [0.5, 0.6) is 0 Å². The molecule has 0 bridgehead atoms. The van der Waals surface area contributed by atoms with E-state index in [9.17, 15) is 13.2 Å². The summed E-state index contributed by atoms with van der Waals surface area (Å²) in [5, 5.41) is 5.84. The summed E-state index contributed by atoms with van der Waals surface area (Å²) in [5.41, 5.74) is 0.696. The fourth-order valence-electron chi connectivity index (χ4n) is 2.22. The van der Waals surface area contributed by atoms with E-state index in [2.05, 4.69) is 15.4 Å². The van der Waals surface area contributed by atoms with E-state index in [-0.39, 0.29) is 36.3 Å². The first-order chi connectivity index (χ1) is 11.5. The van der Waals surface area contributed by atoms with Crippen LogP contribution in [-0.2, 0) is 30.8 Å². The number of nitrogens with one attached hydrogen (secondary N) is 3. The van der Waals surface area contributed by atoms with Gasteiger partial charge in [-0.15, -0.1) is 12.4 Å². The van der Waals surface area contributed by atoms with Crippen LogP contribution in [-0.4, -0.2) is 60.4 Å². The van der Waals surface area contributed by atoms with Gasteiger partial charge in [-0.3, -0.25) is 4.79 Å². The van der Waals surface area contributed by atoms with Crippen molar-refractivity contribution in [3.05, 3.63) is 29.8 Å². The van der Waals surface area contributed by atoms with Crippen LogP contribution in [0, 0.1) is 0 Å². The maximum absolute atomic E-state index is 12.2. The van der Waals surface area contributed by atoms with Crippen molar-refractivity contribution in [1.29, 1.82) is 0 Å². The molecule has 1 saturated heterocycles. The van der Waals surface area contributed by atoms with Gasteiger partial charge in [0, 0.05) is 33.3 Å². The SMILES string of the molecule is COCCNS(=O)(=O)c1cccc(CNC(=O)C2CNCCO2)c1.Cl. The van der Waals surface area contributed by atoms with Gasteiger partial charge in [0.1, 0.15) is 6.10 Å². The summed E-state index contributed by atoms with van der Waals surface area (Å²) in [5.74, 6) is -0.214. The van der Waals surface area contributed by atoms with Crippen molar-refractivity contribution in [2.24, 2.45) is 0 Å². The number of rotatable bonds is 8. The molecule has 0 aliphatic carbocycles. The molecular formula is C15H24ClN3O5S. The minimum absolute atomic E-state index is 0. The van der Waals surface area contributed by atoms with Gasteiger partial charge in [-0.2, -0.15) is 0 Å². The number of halogens is 1. The number of hydrogen-bond acceptors (Lipinski definition) is 6. The summed E-state index contributed by atoms with van der Waals surface area (Å²) >= 11 is 0. The van der Waals surface area contributed by atoms with Gasteiger partial charge < -0.3 is 20.1 Å². The molecule has 2 rings (SSSR count). The Bertz CT molecular complexity index is 650. The summed E-state index contributed by atoms with van der Waals surface area (Å²) in [6, 6.07) is 6.45. The number of morpholine rings is 1. The first kappa shape index (κ1) is 21.8. The molecule has 0 spiro atoms. The van der Waals surface area contributed by atoms with Crippen LogP contribution < -0.4 is 15.4 Å². The number of sulfonamides is 1. The molecule has 1 atom stereocenters. The largest absolute Gasteiger partial charge is 0.383 e. The zero-order valence-corrected chi connectivity index (χ0v) is 15.6. The molecule has 1 aliphatic rings. The van der Waals surface area contributed by atoms with Gasteiger partial charge in [-0.25, -0.2) is 13.1 Å². The quantitative estimate of drug-likeness (QED) is 0.521. The van der Waals surface area contributed by atoms with Crippen LogP contribution in [0.1, 0.15) is 5.56 Å². The van der Waals surface area contributed by atoms with Crippen LogP contribution in [0.2, 0.25) is 0 Å². The topological polar surface area (TPSA) is 106 Å². The molecular weight excluding hydrogens is 370 g/mol. The molecule has 10 heteroatoms. The first-order valence-corrected chi connectivity index (χ1v) is 9.19. The zero-order valence-electron chi connectivity index (χ0n) is 14.0. The van der Waals surface area contributed by atoms with Crippen molar-refractivity contribution in [1.82, 2.24) is 15.4 Å². The summed E-state index contributed by atoms with van der Waals surface area (Å²) in [6.07, 6.45) is -0.513. The molecule has 142 valence electrons. The molecule has 1 amide bonds. The highest BCUT2D eigenvalue weighted by atomic mass is 35.5. The predicted molar refractivity (Wildman–Crippen MR) is 95.2 cm³/mol. The van der Waals surface area contributed by atoms with E-state index in [1.165, 1.54) is 19.2 Å². The third kappa shape index (κ3) is 6.89. The monoisotopic (exact) mass is 393 g/mol. The Hall–Kier alpha value is -1.23. The Kier molecular flexibility index (Phi) is 9.33. The molecule has 0 radical (unpaired) electrons. The molecule has 3 N–H and O–H groups in total. The smallest absolute Gasteiger partial charge is 0.250 e. The maximum atomic E-state index is 12.2. The van der Waals surface area contributed by atoms with E-state index >= 15 is 0 Å². The lowest BCUT2D eigenvalue weighted by atomic mass is 10.2. The molecule has 0 aromatic heterocycles. The average Bonchev–Trinajstić information content (AvgIpc) is 2.61. The molecule has 0 saturated carbocycles. The molecule has 25 heavy (non-hydrogen) atoms. The highest BCUT2D eigenvalue weighted by Crippen LogP contribution is 2.11. The van der Waals surface area contributed by atoms with Gasteiger partial charge in [0.15, 0.2) is 0 Å². The number of methoxy groups -OCH3 is 1. The normalized spacial score (nSPS) is 17.6. The van der Waals surface area contributed by atoms with Gasteiger partial charge in [0.25, 0.3) is 5.91 Å². The highest BCUT2D eigenvalue weighted by molar-refractivity contribution is 7.89. The van der Waals surface area contributed by atoms with E-state index in [0.717, 1.165) is 6.54 Å². The Labute approximate surface area is 154 Å². The Morgan fingerprint density at radius 3 is 2.92 bits per heavy atom. The number of amides is 1. The molecule has 1 unspecified atom stereocenters. The van der Waals surface area contributed by atoms with Crippen molar-refractivity contribution in [2.45, 2.75) is 17.5 Å². The molecule has 1 aromatic carbocycles. The van der Waals surface area contributed by atoms with Crippen LogP contribution in [0.3, 0.4) is 0 Å². The lowest BCUT2D eigenvalue weighted by molar-refractivity contribution is -0.134. The lowest BCUT2D eigenvalue weighted by Crippen LogP contribution is -2.47. The second kappa shape index (κ2) is 10.7. The Morgan fingerprint density at radius 1 is 1.44 bits per heavy atom. The third-order valence-corrected chi connectivity index (χ3v) is 4.95. The number of carbonyl (C=O) groups excluding carboxylic acids is 1. The zero-order chi connectivity index (χ0) is 17.4. The second-order valence-electron chi connectivity index (χ2n) is 5.32. The third-order valence-electron chi connectivity index (χ3n) is 3.49. The van der Waals surface area contributed by atoms with E-state index in [1.807, 2.05) is 0 Å². The number of benzene rings is 1. The minimum Gasteiger partial charge on any atom is -0.383 e. The Balaban J connectivity index is 0.00000312. The number of hydrogen-bond donors (Lipinski definition) is 3. The van der Waals surface area contributed by atoms with Gasteiger partial charge in [-0.1, -0.05) is 12.1 Å². The lowest BCUT2D eigenvalue weighted by Gasteiger charge is -2.22. The van der Waals surface area contributed by atoms with Crippen molar-refractivity contribution in [3.8, 4) is 0 Å². The standard InChI is InChI=1S/C15H23N3O5S.ClH/c1-22-7-6-18-24(20,21)13-4-2-3-12(9-13)10-17-15(19)14-11-16-5-8-23-14;/h2-4,9,14,16,18H,5-8,10-11H2,1H3,(H,17,19);1H.